The lowest BCUT2D eigenvalue weighted by Crippen LogP contribution is -2.40. The third-order valence-electron chi connectivity index (χ3n) is 4.01. The minimum atomic E-state index is -0.143. The van der Waals surface area contributed by atoms with Crippen molar-refractivity contribution in [1.82, 2.24) is 14.7 Å². The van der Waals surface area contributed by atoms with Gasteiger partial charge in [-0.3, -0.25) is 14.4 Å². The fourth-order valence-electron chi connectivity index (χ4n) is 2.83. The van der Waals surface area contributed by atoms with Crippen LogP contribution in [0.4, 0.5) is 0 Å². The van der Waals surface area contributed by atoms with E-state index in [4.69, 9.17) is 16.3 Å². The van der Waals surface area contributed by atoms with Gasteiger partial charge in [-0.05, 0) is 26.3 Å². The van der Waals surface area contributed by atoms with Crippen LogP contribution >= 0.6 is 11.6 Å². The lowest BCUT2D eigenvalue weighted by molar-refractivity contribution is -0.142. The van der Waals surface area contributed by atoms with Crippen LogP contribution in [0.5, 0.6) is 0 Å². The van der Waals surface area contributed by atoms with Gasteiger partial charge < -0.3 is 4.74 Å². The van der Waals surface area contributed by atoms with Crippen LogP contribution in [0.1, 0.15) is 36.9 Å². The zero-order chi connectivity index (χ0) is 14.7. The normalized spacial score (nSPS) is 20.1. The molecule has 0 N–H and O–H groups in total. The van der Waals surface area contributed by atoms with E-state index in [1.807, 2.05) is 14.0 Å². The van der Waals surface area contributed by atoms with E-state index in [1.54, 1.807) is 4.68 Å². The first kappa shape index (κ1) is 15.3. The number of rotatable bonds is 4. The molecule has 2 heterocycles. The van der Waals surface area contributed by atoms with Crippen molar-refractivity contribution in [2.24, 2.45) is 7.05 Å². The highest BCUT2D eigenvalue weighted by Gasteiger charge is 2.27. The summed E-state index contributed by atoms with van der Waals surface area (Å²) in [6, 6.07) is 0.242. The van der Waals surface area contributed by atoms with Crippen LogP contribution in [0.3, 0.4) is 0 Å². The molecule has 6 heteroatoms. The van der Waals surface area contributed by atoms with Crippen molar-refractivity contribution in [3.8, 4) is 0 Å². The molecule has 0 saturated carbocycles. The molecule has 1 atom stereocenters. The Bertz CT molecular complexity index is 487. The molecule has 112 valence electrons. The Morgan fingerprint density at radius 1 is 1.50 bits per heavy atom. The van der Waals surface area contributed by atoms with Crippen molar-refractivity contribution in [2.75, 3.05) is 13.7 Å². The Balaban J connectivity index is 2.10. The summed E-state index contributed by atoms with van der Waals surface area (Å²) in [5.74, 6) is -0.143. The Hall–Kier alpha value is -1.07. The van der Waals surface area contributed by atoms with Gasteiger partial charge >= 0.3 is 5.97 Å². The highest BCUT2D eigenvalue weighted by molar-refractivity contribution is 6.30. The standard InChI is InChI=1S/C14H22ClN3O2/c1-10-12(14(15)17(2)16-10)9-18-7-5-4-6-11(18)8-13(19)20-3/h11H,4-9H2,1-3H3. The van der Waals surface area contributed by atoms with E-state index in [0.29, 0.717) is 11.6 Å². The van der Waals surface area contributed by atoms with Crippen LogP contribution in [-0.2, 0) is 23.1 Å². The third-order valence-corrected chi connectivity index (χ3v) is 4.48. The van der Waals surface area contributed by atoms with Crippen molar-refractivity contribution in [1.29, 1.82) is 0 Å². The summed E-state index contributed by atoms with van der Waals surface area (Å²) in [5, 5.41) is 5.03. The first-order valence-electron chi connectivity index (χ1n) is 7.01. The van der Waals surface area contributed by atoms with Crippen LogP contribution in [0.2, 0.25) is 5.15 Å². The van der Waals surface area contributed by atoms with Crippen LogP contribution in [-0.4, -0.2) is 40.3 Å². The molecule has 0 amide bonds. The monoisotopic (exact) mass is 299 g/mol. The number of carbonyl (C=O) groups is 1. The zero-order valence-electron chi connectivity index (χ0n) is 12.4. The van der Waals surface area contributed by atoms with Gasteiger partial charge in [0, 0.05) is 25.2 Å². The molecule has 1 aliphatic heterocycles. The van der Waals surface area contributed by atoms with Crippen molar-refractivity contribution in [3.05, 3.63) is 16.4 Å². The predicted octanol–water partition coefficient (Wildman–Crippen LogP) is 2.30. The number of esters is 1. The van der Waals surface area contributed by atoms with Gasteiger partial charge in [-0.2, -0.15) is 5.10 Å². The van der Waals surface area contributed by atoms with E-state index in [9.17, 15) is 4.79 Å². The second-order valence-corrected chi connectivity index (χ2v) is 5.74. The quantitative estimate of drug-likeness (QED) is 0.801. The van der Waals surface area contributed by atoms with Crippen LogP contribution in [0.25, 0.3) is 0 Å². The van der Waals surface area contributed by atoms with Gasteiger partial charge in [0.05, 0.1) is 19.2 Å². The van der Waals surface area contributed by atoms with Gasteiger partial charge in [0.25, 0.3) is 0 Å². The Morgan fingerprint density at radius 3 is 2.85 bits per heavy atom. The maximum absolute atomic E-state index is 11.5. The van der Waals surface area contributed by atoms with Gasteiger partial charge in [-0.25, -0.2) is 0 Å². The highest BCUT2D eigenvalue weighted by Crippen LogP contribution is 2.26. The minimum absolute atomic E-state index is 0.143. The van der Waals surface area contributed by atoms with E-state index < -0.39 is 0 Å². The zero-order valence-corrected chi connectivity index (χ0v) is 13.1. The number of hydrogen-bond acceptors (Lipinski definition) is 4. The summed E-state index contributed by atoms with van der Waals surface area (Å²) in [4.78, 5) is 13.9. The molecule has 20 heavy (non-hydrogen) atoms. The maximum Gasteiger partial charge on any atom is 0.307 e. The van der Waals surface area contributed by atoms with Crippen molar-refractivity contribution in [2.45, 2.75) is 45.2 Å². The van der Waals surface area contributed by atoms with E-state index in [2.05, 4.69) is 10.00 Å². The average molecular weight is 300 g/mol. The molecule has 1 saturated heterocycles. The minimum Gasteiger partial charge on any atom is -0.469 e. The van der Waals surface area contributed by atoms with E-state index in [-0.39, 0.29) is 12.0 Å². The number of carbonyl (C=O) groups excluding carboxylic acids is 1. The Kier molecular flexibility index (Phi) is 5.05. The SMILES string of the molecule is COC(=O)CC1CCCCN1Cc1c(C)nn(C)c1Cl. The molecule has 5 nitrogen and oxygen atoms in total. The number of hydrogen-bond donors (Lipinski definition) is 0. The van der Waals surface area contributed by atoms with Gasteiger partial charge in [-0.15, -0.1) is 0 Å². The van der Waals surface area contributed by atoms with Crippen LogP contribution in [0.15, 0.2) is 0 Å². The molecule has 0 aromatic carbocycles. The maximum atomic E-state index is 11.5. The number of ether oxygens (including phenoxy) is 1. The average Bonchev–Trinajstić information content (AvgIpc) is 2.67. The molecule has 1 fully saturated rings. The fourth-order valence-corrected chi connectivity index (χ4v) is 3.07. The second kappa shape index (κ2) is 6.59. The summed E-state index contributed by atoms with van der Waals surface area (Å²) in [5.41, 5.74) is 2.02. The predicted molar refractivity (Wildman–Crippen MR) is 77.6 cm³/mol. The van der Waals surface area contributed by atoms with Crippen molar-refractivity contribution >= 4 is 17.6 Å². The van der Waals surface area contributed by atoms with E-state index in [1.165, 1.54) is 7.11 Å². The first-order chi connectivity index (χ1) is 9.52. The summed E-state index contributed by atoms with van der Waals surface area (Å²) in [6.07, 6.45) is 3.81. The molecule has 2 rings (SSSR count). The third kappa shape index (κ3) is 3.33. The first-order valence-corrected chi connectivity index (χ1v) is 7.39. The van der Waals surface area contributed by atoms with Crippen LogP contribution in [0, 0.1) is 6.92 Å². The summed E-state index contributed by atoms with van der Waals surface area (Å²) in [6.45, 7) is 3.72. The number of halogens is 1. The summed E-state index contributed by atoms with van der Waals surface area (Å²) in [7, 11) is 3.29. The second-order valence-electron chi connectivity index (χ2n) is 5.38. The molecule has 0 spiro atoms. The lowest BCUT2D eigenvalue weighted by atomic mass is 9.98. The topological polar surface area (TPSA) is 47.4 Å². The van der Waals surface area contributed by atoms with Gasteiger partial charge in [-0.1, -0.05) is 18.0 Å². The largest absolute Gasteiger partial charge is 0.469 e. The van der Waals surface area contributed by atoms with Crippen molar-refractivity contribution < 1.29 is 9.53 Å². The van der Waals surface area contributed by atoms with Gasteiger partial charge in [0.2, 0.25) is 0 Å². The Morgan fingerprint density at radius 2 is 2.25 bits per heavy atom. The summed E-state index contributed by atoms with van der Waals surface area (Å²) < 4.78 is 6.49. The van der Waals surface area contributed by atoms with Gasteiger partial charge in [0.15, 0.2) is 0 Å². The van der Waals surface area contributed by atoms with Crippen LogP contribution < -0.4 is 0 Å². The molecule has 1 aromatic heterocycles. The number of aryl methyl sites for hydroxylation is 2. The molecule has 1 aromatic rings. The van der Waals surface area contributed by atoms with E-state index >= 15 is 0 Å². The number of methoxy groups -OCH3 is 1. The molecule has 0 radical (unpaired) electrons. The number of nitrogens with zero attached hydrogens (tertiary/aromatic N) is 3. The molecule has 1 unspecified atom stereocenters. The smallest absolute Gasteiger partial charge is 0.307 e. The number of likely N-dealkylation sites (tertiary alicyclic amines) is 1. The highest BCUT2D eigenvalue weighted by atomic mass is 35.5. The van der Waals surface area contributed by atoms with Gasteiger partial charge in [0.1, 0.15) is 5.15 Å². The Labute approximate surface area is 124 Å². The number of aromatic nitrogens is 2. The fraction of sp³-hybridized carbons (Fsp3) is 0.714. The van der Waals surface area contributed by atoms with Crippen molar-refractivity contribution in [3.63, 3.8) is 0 Å². The molecule has 0 aliphatic carbocycles. The molecule has 1 aliphatic rings. The summed E-state index contributed by atoms with van der Waals surface area (Å²) >= 11 is 6.30. The molecular formula is C14H22ClN3O2. The molecular weight excluding hydrogens is 278 g/mol. The molecule has 0 bridgehead atoms. The number of piperidine rings is 1. The van der Waals surface area contributed by atoms with E-state index in [0.717, 1.165) is 43.6 Å². The lowest BCUT2D eigenvalue weighted by Gasteiger charge is -2.35.